The standard InChI is InChI=1S/C19H25NO/c1-3-20-13-18(19-12-8-7-9-16(19)2)15-21-14-17-10-5-4-6-11-17/h4-12,18,20H,3,13-15H2,1-2H3. The quantitative estimate of drug-likeness (QED) is 0.793. The molecule has 0 heterocycles. The molecular formula is C19H25NO. The highest BCUT2D eigenvalue weighted by Crippen LogP contribution is 2.20. The van der Waals surface area contributed by atoms with E-state index >= 15 is 0 Å². The Kier molecular flexibility index (Phi) is 6.45. The summed E-state index contributed by atoms with van der Waals surface area (Å²) in [6, 6.07) is 18.9. The highest BCUT2D eigenvalue weighted by Gasteiger charge is 2.13. The first-order chi connectivity index (χ1) is 10.3. The molecule has 0 bridgehead atoms. The molecule has 0 amide bonds. The molecule has 2 nitrogen and oxygen atoms in total. The van der Waals surface area contributed by atoms with Gasteiger partial charge in [-0.25, -0.2) is 0 Å². The van der Waals surface area contributed by atoms with E-state index in [4.69, 9.17) is 4.74 Å². The third kappa shape index (κ3) is 5.00. The first kappa shape index (κ1) is 15.7. The molecule has 0 fully saturated rings. The molecule has 2 aromatic carbocycles. The van der Waals surface area contributed by atoms with Gasteiger partial charge in [0.1, 0.15) is 0 Å². The second-order valence-electron chi connectivity index (χ2n) is 5.36. The molecule has 0 aliphatic rings. The van der Waals surface area contributed by atoms with Crippen LogP contribution in [0.3, 0.4) is 0 Å². The lowest BCUT2D eigenvalue weighted by Gasteiger charge is -2.20. The van der Waals surface area contributed by atoms with Crippen LogP contribution in [0.5, 0.6) is 0 Å². The van der Waals surface area contributed by atoms with Gasteiger partial charge in [0.05, 0.1) is 13.2 Å². The third-order valence-electron chi connectivity index (χ3n) is 3.70. The normalized spacial score (nSPS) is 12.3. The Morgan fingerprint density at radius 2 is 1.71 bits per heavy atom. The number of likely N-dealkylation sites (N-methyl/N-ethyl adjacent to an activating group) is 1. The topological polar surface area (TPSA) is 21.3 Å². The summed E-state index contributed by atoms with van der Waals surface area (Å²) in [7, 11) is 0. The van der Waals surface area contributed by atoms with Crippen LogP contribution in [-0.4, -0.2) is 19.7 Å². The first-order valence-corrected chi connectivity index (χ1v) is 7.69. The van der Waals surface area contributed by atoms with E-state index in [1.807, 2.05) is 6.07 Å². The maximum atomic E-state index is 5.95. The summed E-state index contributed by atoms with van der Waals surface area (Å²) >= 11 is 0. The van der Waals surface area contributed by atoms with E-state index in [-0.39, 0.29) is 0 Å². The number of hydrogen-bond donors (Lipinski definition) is 1. The monoisotopic (exact) mass is 283 g/mol. The lowest BCUT2D eigenvalue weighted by molar-refractivity contribution is 0.106. The Morgan fingerprint density at radius 1 is 1.00 bits per heavy atom. The Labute approximate surface area is 128 Å². The van der Waals surface area contributed by atoms with E-state index in [0.29, 0.717) is 12.5 Å². The highest BCUT2D eigenvalue weighted by atomic mass is 16.5. The Bertz CT molecular complexity index is 524. The van der Waals surface area contributed by atoms with Gasteiger partial charge in [-0.15, -0.1) is 0 Å². The fraction of sp³-hybridized carbons (Fsp3) is 0.368. The zero-order chi connectivity index (χ0) is 14.9. The molecule has 0 saturated carbocycles. The van der Waals surface area contributed by atoms with Crippen LogP contribution < -0.4 is 5.32 Å². The summed E-state index contributed by atoms with van der Waals surface area (Å²) in [5, 5.41) is 3.44. The Morgan fingerprint density at radius 3 is 2.43 bits per heavy atom. The van der Waals surface area contributed by atoms with Gasteiger partial charge >= 0.3 is 0 Å². The Hall–Kier alpha value is -1.64. The number of ether oxygens (including phenoxy) is 1. The zero-order valence-electron chi connectivity index (χ0n) is 13.0. The lowest BCUT2D eigenvalue weighted by Crippen LogP contribution is -2.25. The smallest absolute Gasteiger partial charge is 0.0717 e. The second kappa shape index (κ2) is 8.60. The van der Waals surface area contributed by atoms with Crippen molar-refractivity contribution in [2.45, 2.75) is 26.4 Å². The van der Waals surface area contributed by atoms with Gasteiger partial charge in [-0.3, -0.25) is 0 Å². The molecule has 1 atom stereocenters. The highest BCUT2D eigenvalue weighted by molar-refractivity contribution is 5.29. The van der Waals surface area contributed by atoms with Gasteiger partial charge in [0.25, 0.3) is 0 Å². The number of benzene rings is 2. The zero-order valence-corrected chi connectivity index (χ0v) is 13.0. The van der Waals surface area contributed by atoms with Crippen LogP contribution in [0.1, 0.15) is 29.5 Å². The van der Waals surface area contributed by atoms with Crippen molar-refractivity contribution < 1.29 is 4.74 Å². The van der Waals surface area contributed by atoms with E-state index in [1.54, 1.807) is 0 Å². The van der Waals surface area contributed by atoms with Crippen molar-refractivity contribution in [2.24, 2.45) is 0 Å². The number of hydrogen-bond acceptors (Lipinski definition) is 2. The molecule has 21 heavy (non-hydrogen) atoms. The van der Waals surface area contributed by atoms with Crippen LogP contribution in [-0.2, 0) is 11.3 Å². The summed E-state index contributed by atoms with van der Waals surface area (Å²) in [5.41, 5.74) is 3.94. The molecule has 0 radical (unpaired) electrons. The maximum Gasteiger partial charge on any atom is 0.0717 e. The summed E-state index contributed by atoms with van der Waals surface area (Å²) < 4.78 is 5.95. The van der Waals surface area contributed by atoms with Crippen molar-refractivity contribution in [3.8, 4) is 0 Å². The van der Waals surface area contributed by atoms with Gasteiger partial charge in [-0.1, -0.05) is 61.5 Å². The largest absolute Gasteiger partial charge is 0.376 e. The number of aryl methyl sites for hydroxylation is 1. The molecule has 2 heteroatoms. The average Bonchev–Trinajstić information content (AvgIpc) is 2.52. The van der Waals surface area contributed by atoms with Crippen molar-refractivity contribution in [2.75, 3.05) is 19.7 Å². The van der Waals surface area contributed by atoms with Crippen LogP contribution in [0.2, 0.25) is 0 Å². The third-order valence-corrected chi connectivity index (χ3v) is 3.70. The number of rotatable bonds is 8. The van der Waals surface area contributed by atoms with Gasteiger partial charge in [0.15, 0.2) is 0 Å². The maximum absolute atomic E-state index is 5.95. The molecule has 0 aliphatic carbocycles. The molecule has 0 aromatic heterocycles. The summed E-state index contributed by atoms with van der Waals surface area (Å²) in [5.74, 6) is 0.398. The molecule has 2 rings (SSSR count). The second-order valence-corrected chi connectivity index (χ2v) is 5.36. The molecule has 1 unspecified atom stereocenters. The van der Waals surface area contributed by atoms with Crippen LogP contribution in [0, 0.1) is 6.92 Å². The van der Waals surface area contributed by atoms with Crippen molar-refractivity contribution in [1.29, 1.82) is 0 Å². The van der Waals surface area contributed by atoms with E-state index in [1.165, 1.54) is 16.7 Å². The van der Waals surface area contributed by atoms with Gasteiger partial charge in [0, 0.05) is 12.5 Å². The summed E-state index contributed by atoms with van der Waals surface area (Å²) in [6.45, 7) is 7.67. The Balaban J connectivity index is 1.95. The van der Waals surface area contributed by atoms with Crippen LogP contribution >= 0.6 is 0 Å². The van der Waals surface area contributed by atoms with Gasteiger partial charge < -0.3 is 10.1 Å². The fourth-order valence-electron chi connectivity index (χ4n) is 2.52. The molecular weight excluding hydrogens is 258 g/mol. The van der Waals surface area contributed by atoms with Crippen LogP contribution in [0.15, 0.2) is 54.6 Å². The van der Waals surface area contributed by atoms with Gasteiger partial charge in [-0.2, -0.15) is 0 Å². The van der Waals surface area contributed by atoms with E-state index in [2.05, 4.69) is 67.7 Å². The van der Waals surface area contributed by atoms with Crippen molar-refractivity contribution >= 4 is 0 Å². The molecule has 1 N–H and O–H groups in total. The molecule has 0 saturated heterocycles. The molecule has 112 valence electrons. The average molecular weight is 283 g/mol. The lowest BCUT2D eigenvalue weighted by atomic mass is 9.95. The predicted octanol–water partition coefficient (Wildman–Crippen LogP) is 3.90. The molecule has 2 aromatic rings. The van der Waals surface area contributed by atoms with Crippen molar-refractivity contribution in [3.63, 3.8) is 0 Å². The molecule has 0 spiro atoms. The van der Waals surface area contributed by atoms with E-state index in [0.717, 1.165) is 19.7 Å². The summed E-state index contributed by atoms with van der Waals surface area (Å²) in [4.78, 5) is 0. The van der Waals surface area contributed by atoms with E-state index in [9.17, 15) is 0 Å². The molecule has 0 aliphatic heterocycles. The van der Waals surface area contributed by atoms with Crippen LogP contribution in [0.25, 0.3) is 0 Å². The minimum absolute atomic E-state index is 0.398. The van der Waals surface area contributed by atoms with E-state index < -0.39 is 0 Å². The predicted molar refractivity (Wildman–Crippen MR) is 88.6 cm³/mol. The fourth-order valence-corrected chi connectivity index (χ4v) is 2.52. The van der Waals surface area contributed by atoms with Gasteiger partial charge in [-0.05, 0) is 30.2 Å². The number of nitrogens with one attached hydrogen (secondary N) is 1. The SMILES string of the molecule is CCNCC(COCc1ccccc1)c1ccccc1C. The minimum atomic E-state index is 0.398. The minimum Gasteiger partial charge on any atom is -0.376 e. The van der Waals surface area contributed by atoms with Crippen molar-refractivity contribution in [3.05, 3.63) is 71.3 Å². The first-order valence-electron chi connectivity index (χ1n) is 7.69. The van der Waals surface area contributed by atoms with Crippen LogP contribution in [0.4, 0.5) is 0 Å². The summed E-state index contributed by atoms with van der Waals surface area (Å²) in [6.07, 6.45) is 0. The van der Waals surface area contributed by atoms with Gasteiger partial charge in [0.2, 0.25) is 0 Å². The van der Waals surface area contributed by atoms with Crippen molar-refractivity contribution in [1.82, 2.24) is 5.32 Å².